The van der Waals surface area contributed by atoms with Gasteiger partial charge in [0.25, 0.3) is 0 Å². The van der Waals surface area contributed by atoms with Gasteiger partial charge in [-0.15, -0.1) is 0 Å². The van der Waals surface area contributed by atoms with Crippen molar-refractivity contribution in [2.45, 2.75) is 33.1 Å². The van der Waals surface area contributed by atoms with Gasteiger partial charge in [-0.25, -0.2) is 0 Å². The average molecular weight is 258 g/mol. The Morgan fingerprint density at radius 1 is 1.59 bits per heavy atom. The van der Waals surface area contributed by atoms with Gasteiger partial charge < -0.3 is 5.73 Å². The highest BCUT2D eigenvalue weighted by Crippen LogP contribution is 2.21. The Morgan fingerprint density at radius 2 is 2.24 bits per heavy atom. The topological polar surface area (TPSA) is 60.9 Å². The fourth-order valence-corrected chi connectivity index (χ4v) is 2.07. The number of rotatable bonds is 6. The predicted molar refractivity (Wildman–Crippen MR) is 69.1 cm³/mol. The van der Waals surface area contributed by atoms with Crippen molar-refractivity contribution >= 4 is 17.4 Å². The van der Waals surface area contributed by atoms with Gasteiger partial charge in [0.05, 0.1) is 16.4 Å². The second-order valence-electron chi connectivity index (χ2n) is 4.40. The summed E-state index contributed by atoms with van der Waals surface area (Å²) in [6, 6.07) is 0. The van der Waals surface area contributed by atoms with E-state index < -0.39 is 0 Å². The Bertz CT molecular complexity index is 397. The first kappa shape index (κ1) is 14.2. The van der Waals surface area contributed by atoms with Crippen LogP contribution in [-0.4, -0.2) is 22.1 Å². The second kappa shape index (κ2) is 6.17. The summed E-state index contributed by atoms with van der Waals surface area (Å²) in [5, 5.41) is 4.79. The van der Waals surface area contributed by atoms with Crippen LogP contribution in [0, 0.1) is 12.8 Å². The minimum atomic E-state index is 0.173. The Morgan fingerprint density at radius 3 is 2.65 bits per heavy atom. The average Bonchev–Trinajstić information content (AvgIpc) is 2.53. The molecule has 1 rings (SSSR count). The molecule has 0 saturated heterocycles. The van der Waals surface area contributed by atoms with Gasteiger partial charge in [-0.05, 0) is 19.4 Å². The van der Waals surface area contributed by atoms with E-state index in [1.807, 2.05) is 20.9 Å². The lowest BCUT2D eigenvalue weighted by Crippen LogP contribution is -2.19. The molecule has 0 amide bonds. The van der Waals surface area contributed by atoms with E-state index in [1.54, 1.807) is 4.68 Å². The first-order valence-electron chi connectivity index (χ1n) is 5.89. The molecule has 0 fully saturated rings. The molecule has 1 aromatic heterocycles. The van der Waals surface area contributed by atoms with Gasteiger partial charge in [-0.3, -0.25) is 9.48 Å². The number of aromatic nitrogens is 2. The SMILES string of the molecule is CCC(CN)CC(=O)Cc1c(Cl)c(C)nn1C. The first-order valence-corrected chi connectivity index (χ1v) is 6.27. The van der Waals surface area contributed by atoms with E-state index in [4.69, 9.17) is 17.3 Å². The lowest BCUT2D eigenvalue weighted by atomic mass is 9.98. The molecule has 0 saturated carbocycles. The van der Waals surface area contributed by atoms with Gasteiger partial charge in [0, 0.05) is 19.9 Å². The van der Waals surface area contributed by atoms with E-state index in [-0.39, 0.29) is 11.7 Å². The van der Waals surface area contributed by atoms with Crippen molar-refractivity contribution in [2.24, 2.45) is 18.7 Å². The molecule has 1 atom stereocenters. The zero-order valence-electron chi connectivity index (χ0n) is 10.7. The van der Waals surface area contributed by atoms with Crippen molar-refractivity contribution in [1.29, 1.82) is 0 Å². The predicted octanol–water partition coefficient (Wildman–Crippen LogP) is 1.87. The first-order chi connectivity index (χ1) is 7.99. The number of nitrogens with zero attached hydrogens (tertiary/aromatic N) is 2. The van der Waals surface area contributed by atoms with Crippen LogP contribution in [0.1, 0.15) is 31.2 Å². The minimum Gasteiger partial charge on any atom is -0.330 e. The Hall–Kier alpha value is -0.870. The maximum absolute atomic E-state index is 11.9. The third kappa shape index (κ3) is 3.54. The highest BCUT2D eigenvalue weighted by Gasteiger charge is 2.17. The summed E-state index contributed by atoms with van der Waals surface area (Å²) in [5.74, 6) is 0.447. The second-order valence-corrected chi connectivity index (χ2v) is 4.78. The molecule has 2 N–H and O–H groups in total. The molecule has 17 heavy (non-hydrogen) atoms. The van der Waals surface area contributed by atoms with E-state index in [0.717, 1.165) is 17.8 Å². The third-order valence-electron chi connectivity index (χ3n) is 3.05. The number of hydrogen-bond acceptors (Lipinski definition) is 3. The van der Waals surface area contributed by atoms with Crippen LogP contribution >= 0.6 is 11.6 Å². The summed E-state index contributed by atoms with van der Waals surface area (Å²) in [4.78, 5) is 11.9. The van der Waals surface area contributed by atoms with Gasteiger partial charge in [-0.2, -0.15) is 5.10 Å². The number of Topliss-reactive ketones (excluding diaryl/α,β-unsaturated/α-hetero) is 1. The monoisotopic (exact) mass is 257 g/mol. The molecule has 0 aliphatic heterocycles. The Balaban J connectivity index is 2.68. The van der Waals surface area contributed by atoms with Crippen LogP contribution in [-0.2, 0) is 18.3 Å². The maximum Gasteiger partial charge on any atom is 0.139 e. The van der Waals surface area contributed by atoms with Crippen molar-refractivity contribution in [3.63, 3.8) is 0 Å². The van der Waals surface area contributed by atoms with E-state index >= 15 is 0 Å². The van der Waals surface area contributed by atoms with Crippen LogP contribution in [0.3, 0.4) is 0 Å². The van der Waals surface area contributed by atoms with E-state index in [2.05, 4.69) is 5.10 Å². The molecule has 1 unspecified atom stereocenters. The maximum atomic E-state index is 11.9. The number of carbonyl (C=O) groups excluding carboxylic acids is 1. The summed E-state index contributed by atoms with van der Waals surface area (Å²) in [6.45, 7) is 4.44. The Kier molecular flexibility index (Phi) is 5.15. The minimum absolute atomic E-state index is 0.173. The van der Waals surface area contributed by atoms with E-state index in [9.17, 15) is 4.79 Å². The molecule has 4 nitrogen and oxygen atoms in total. The molecular weight excluding hydrogens is 238 g/mol. The van der Waals surface area contributed by atoms with Crippen LogP contribution in [0.15, 0.2) is 0 Å². The van der Waals surface area contributed by atoms with Gasteiger partial charge in [-0.1, -0.05) is 24.9 Å². The number of halogens is 1. The number of hydrogen-bond donors (Lipinski definition) is 1. The number of ketones is 1. The molecule has 5 heteroatoms. The van der Waals surface area contributed by atoms with Gasteiger partial charge in [0.2, 0.25) is 0 Å². The smallest absolute Gasteiger partial charge is 0.139 e. The molecule has 96 valence electrons. The number of nitrogens with two attached hydrogens (primary N) is 1. The van der Waals surface area contributed by atoms with Crippen molar-refractivity contribution in [1.82, 2.24) is 9.78 Å². The zero-order valence-corrected chi connectivity index (χ0v) is 11.4. The summed E-state index contributed by atoms with van der Waals surface area (Å²) >= 11 is 6.10. The van der Waals surface area contributed by atoms with Gasteiger partial charge in [0.15, 0.2) is 0 Å². The van der Waals surface area contributed by atoms with Crippen LogP contribution in [0.5, 0.6) is 0 Å². The normalized spacial score (nSPS) is 12.8. The summed E-state index contributed by atoms with van der Waals surface area (Å²) in [7, 11) is 1.81. The van der Waals surface area contributed by atoms with Crippen LogP contribution in [0.4, 0.5) is 0 Å². The fourth-order valence-electron chi connectivity index (χ4n) is 1.85. The van der Waals surface area contributed by atoms with E-state index in [1.165, 1.54) is 0 Å². The highest BCUT2D eigenvalue weighted by molar-refractivity contribution is 6.32. The molecule has 0 bridgehead atoms. The summed E-state index contributed by atoms with van der Waals surface area (Å²) in [5.41, 5.74) is 7.15. The Labute approximate surface area is 107 Å². The van der Waals surface area contributed by atoms with Crippen LogP contribution in [0.2, 0.25) is 5.02 Å². The highest BCUT2D eigenvalue weighted by atomic mass is 35.5. The molecule has 0 aliphatic rings. The molecular formula is C12H20ClN3O. The van der Waals surface area contributed by atoms with Gasteiger partial charge >= 0.3 is 0 Å². The lowest BCUT2D eigenvalue weighted by Gasteiger charge is -2.10. The largest absolute Gasteiger partial charge is 0.330 e. The quantitative estimate of drug-likeness (QED) is 0.846. The van der Waals surface area contributed by atoms with Crippen LogP contribution in [0.25, 0.3) is 0 Å². The molecule has 0 aromatic carbocycles. The van der Waals surface area contributed by atoms with Crippen molar-refractivity contribution in [3.05, 3.63) is 16.4 Å². The molecule has 0 radical (unpaired) electrons. The van der Waals surface area contributed by atoms with Crippen LogP contribution < -0.4 is 5.73 Å². The van der Waals surface area contributed by atoms with Crippen molar-refractivity contribution in [3.8, 4) is 0 Å². The van der Waals surface area contributed by atoms with Crippen molar-refractivity contribution in [2.75, 3.05) is 6.54 Å². The molecule has 1 aromatic rings. The lowest BCUT2D eigenvalue weighted by molar-refractivity contribution is -0.119. The third-order valence-corrected chi connectivity index (χ3v) is 3.54. The molecule has 1 heterocycles. The van der Waals surface area contributed by atoms with Gasteiger partial charge in [0.1, 0.15) is 5.78 Å². The van der Waals surface area contributed by atoms with E-state index in [0.29, 0.717) is 24.4 Å². The number of aryl methyl sites for hydroxylation is 2. The standard InChI is InChI=1S/C12H20ClN3O/c1-4-9(7-14)5-10(17)6-11-12(13)8(2)15-16(11)3/h9H,4-7,14H2,1-3H3. The summed E-state index contributed by atoms with van der Waals surface area (Å²) in [6.07, 6.45) is 1.79. The molecule has 0 spiro atoms. The summed E-state index contributed by atoms with van der Waals surface area (Å²) < 4.78 is 1.68. The molecule has 0 aliphatic carbocycles. The fraction of sp³-hybridized carbons (Fsp3) is 0.667. The number of carbonyl (C=O) groups is 1. The van der Waals surface area contributed by atoms with Crippen molar-refractivity contribution < 1.29 is 4.79 Å². The zero-order chi connectivity index (χ0) is 13.0.